The summed E-state index contributed by atoms with van der Waals surface area (Å²) in [6, 6.07) is 17.0. The second-order valence-electron chi connectivity index (χ2n) is 5.87. The molecule has 0 spiro atoms. The van der Waals surface area contributed by atoms with Crippen LogP contribution in [-0.2, 0) is 14.3 Å². The Kier molecular flexibility index (Phi) is 8.30. The van der Waals surface area contributed by atoms with Gasteiger partial charge in [-0.25, -0.2) is 0 Å². The molecule has 0 saturated carbocycles. The average molecular weight is 368 g/mol. The lowest BCUT2D eigenvalue weighted by atomic mass is 10.0. The molecule has 0 fully saturated rings. The highest BCUT2D eigenvalue weighted by Gasteiger charge is 2.13. The minimum absolute atomic E-state index is 0.0381. The predicted octanol–water partition coefficient (Wildman–Crippen LogP) is 2.73. The van der Waals surface area contributed by atoms with E-state index in [0.29, 0.717) is 37.6 Å². The number of amides is 1. The Morgan fingerprint density at radius 3 is 1.93 bits per heavy atom. The zero-order valence-electron chi connectivity index (χ0n) is 15.7. The topological polar surface area (TPSA) is 71.8 Å². The molecule has 0 aliphatic carbocycles. The summed E-state index contributed by atoms with van der Waals surface area (Å²) in [5, 5.41) is 8.86. The van der Waals surface area contributed by atoms with Crippen LogP contribution in [0.2, 0.25) is 0 Å². The monoisotopic (exact) mass is 368 g/mol. The van der Waals surface area contributed by atoms with E-state index in [1.54, 1.807) is 31.3 Å². The highest BCUT2D eigenvalue weighted by molar-refractivity contribution is 5.77. The van der Waals surface area contributed by atoms with Crippen molar-refractivity contribution < 1.29 is 19.0 Å². The fraction of sp³-hybridized carbons (Fsp3) is 0.333. The molecule has 2 aromatic carbocycles. The van der Waals surface area contributed by atoms with E-state index in [1.165, 1.54) is 0 Å². The molecule has 0 heterocycles. The number of rotatable bonds is 10. The van der Waals surface area contributed by atoms with E-state index in [1.807, 2.05) is 36.4 Å². The Bertz CT molecular complexity index is 743. The molecule has 0 aliphatic heterocycles. The van der Waals surface area contributed by atoms with Crippen molar-refractivity contribution in [3.8, 4) is 22.9 Å². The zero-order valence-corrected chi connectivity index (χ0v) is 15.7. The highest BCUT2D eigenvalue weighted by Crippen LogP contribution is 2.22. The summed E-state index contributed by atoms with van der Waals surface area (Å²) in [6.07, 6.45) is 0. The van der Waals surface area contributed by atoms with E-state index in [4.69, 9.17) is 19.5 Å². The summed E-state index contributed by atoms with van der Waals surface area (Å²) in [5.41, 5.74) is 2.66. The molecule has 1 amide bonds. The number of carbonyl (C=O) groups is 1. The van der Waals surface area contributed by atoms with Crippen LogP contribution in [-0.4, -0.2) is 57.9 Å². The van der Waals surface area contributed by atoms with Crippen molar-refractivity contribution in [3.63, 3.8) is 0 Å². The van der Waals surface area contributed by atoms with Crippen LogP contribution in [0.5, 0.6) is 5.75 Å². The third-order valence-corrected chi connectivity index (χ3v) is 4.05. The van der Waals surface area contributed by atoms with Gasteiger partial charge in [-0.05, 0) is 35.4 Å². The Morgan fingerprint density at radius 2 is 1.44 bits per heavy atom. The number of hydrogen-bond acceptors (Lipinski definition) is 5. The molecule has 142 valence electrons. The largest absolute Gasteiger partial charge is 0.484 e. The van der Waals surface area contributed by atoms with Gasteiger partial charge < -0.3 is 19.1 Å². The van der Waals surface area contributed by atoms with Gasteiger partial charge in [-0.3, -0.25) is 4.79 Å². The average Bonchev–Trinajstić information content (AvgIpc) is 2.72. The second kappa shape index (κ2) is 11.0. The van der Waals surface area contributed by atoms with Crippen molar-refractivity contribution in [1.82, 2.24) is 4.90 Å². The van der Waals surface area contributed by atoms with E-state index in [2.05, 4.69) is 6.07 Å². The molecule has 0 saturated heterocycles. The van der Waals surface area contributed by atoms with Gasteiger partial charge in [0.1, 0.15) is 5.75 Å². The van der Waals surface area contributed by atoms with Gasteiger partial charge >= 0.3 is 0 Å². The lowest BCUT2D eigenvalue weighted by Crippen LogP contribution is -2.39. The summed E-state index contributed by atoms with van der Waals surface area (Å²) < 4.78 is 15.7. The number of hydrogen-bond donors (Lipinski definition) is 0. The molecule has 0 unspecified atom stereocenters. The maximum atomic E-state index is 12.3. The molecule has 0 aromatic heterocycles. The van der Waals surface area contributed by atoms with Crippen LogP contribution in [0.3, 0.4) is 0 Å². The summed E-state index contributed by atoms with van der Waals surface area (Å²) in [6.45, 7) is 1.90. The van der Waals surface area contributed by atoms with Gasteiger partial charge in [-0.15, -0.1) is 0 Å². The van der Waals surface area contributed by atoms with Crippen molar-refractivity contribution in [3.05, 3.63) is 54.1 Å². The van der Waals surface area contributed by atoms with Gasteiger partial charge in [0, 0.05) is 27.3 Å². The first-order valence-electron chi connectivity index (χ1n) is 8.67. The molecule has 0 N–H and O–H groups in total. The molecule has 0 bridgehead atoms. The van der Waals surface area contributed by atoms with E-state index in [9.17, 15) is 4.79 Å². The van der Waals surface area contributed by atoms with Gasteiger partial charge in [-0.1, -0.05) is 24.3 Å². The van der Waals surface area contributed by atoms with Crippen LogP contribution in [0.1, 0.15) is 5.56 Å². The second-order valence-corrected chi connectivity index (χ2v) is 5.87. The molecule has 6 heteroatoms. The molecule has 0 radical (unpaired) electrons. The summed E-state index contributed by atoms with van der Waals surface area (Å²) in [7, 11) is 3.20. The van der Waals surface area contributed by atoms with Gasteiger partial charge in [0.15, 0.2) is 6.61 Å². The minimum atomic E-state index is -0.111. The molecule has 6 nitrogen and oxygen atoms in total. The molecule has 27 heavy (non-hydrogen) atoms. The predicted molar refractivity (Wildman–Crippen MR) is 102 cm³/mol. The molecule has 0 atom stereocenters. The standard InChI is InChI=1S/C21H24N2O4/c1-25-13-11-23(12-14-26-2)21(24)16-27-20-9-7-19(8-10-20)18-5-3-17(15-22)4-6-18/h3-10H,11-14,16H2,1-2H3. The Balaban J connectivity index is 1.92. The van der Waals surface area contributed by atoms with Crippen LogP contribution < -0.4 is 4.74 Å². The van der Waals surface area contributed by atoms with Crippen LogP contribution >= 0.6 is 0 Å². The van der Waals surface area contributed by atoms with Crippen LogP contribution in [0.4, 0.5) is 0 Å². The Labute approximate surface area is 159 Å². The molecule has 2 aromatic rings. The highest BCUT2D eigenvalue weighted by atomic mass is 16.5. The number of ether oxygens (including phenoxy) is 3. The third kappa shape index (κ3) is 6.41. The van der Waals surface area contributed by atoms with E-state index >= 15 is 0 Å². The fourth-order valence-electron chi connectivity index (χ4n) is 2.48. The summed E-state index contributed by atoms with van der Waals surface area (Å²) >= 11 is 0. The van der Waals surface area contributed by atoms with Gasteiger partial charge in [0.2, 0.25) is 0 Å². The maximum absolute atomic E-state index is 12.3. The first-order valence-corrected chi connectivity index (χ1v) is 8.67. The van der Waals surface area contributed by atoms with E-state index in [-0.39, 0.29) is 12.5 Å². The number of carbonyl (C=O) groups excluding carboxylic acids is 1. The smallest absolute Gasteiger partial charge is 0.260 e. The number of nitrogens with zero attached hydrogens (tertiary/aromatic N) is 2. The SMILES string of the molecule is COCCN(CCOC)C(=O)COc1ccc(-c2ccc(C#N)cc2)cc1. The van der Waals surface area contributed by atoms with Gasteiger partial charge in [0.25, 0.3) is 5.91 Å². The summed E-state index contributed by atoms with van der Waals surface area (Å²) in [4.78, 5) is 14.0. The van der Waals surface area contributed by atoms with Gasteiger partial charge in [-0.2, -0.15) is 5.26 Å². The molecular formula is C21H24N2O4. The van der Waals surface area contributed by atoms with Crippen molar-refractivity contribution in [2.75, 3.05) is 47.1 Å². The molecular weight excluding hydrogens is 344 g/mol. The van der Waals surface area contributed by atoms with Crippen molar-refractivity contribution in [2.45, 2.75) is 0 Å². The molecule has 0 aliphatic rings. The van der Waals surface area contributed by atoms with Crippen molar-refractivity contribution in [2.24, 2.45) is 0 Å². The number of benzene rings is 2. The maximum Gasteiger partial charge on any atom is 0.260 e. The lowest BCUT2D eigenvalue weighted by Gasteiger charge is -2.22. The van der Waals surface area contributed by atoms with E-state index < -0.39 is 0 Å². The zero-order chi connectivity index (χ0) is 19.5. The third-order valence-electron chi connectivity index (χ3n) is 4.05. The van der Waals surface area contributed by atoms with Crippen molar-refractivity contribution in [1.29, 1.82) is 5.26 Å². The van der Waals surface area contributed by atoms with Crippen LogP contribution in [0.15, 0.2) is 48.5 Å². The first kappa shape index (κ1) is 20.4. The number of methoxy groups -OCH3 is 2. The van der Waals surface area contributed by atoms with Gasteiger partial charge in [0.05, 0.1) is 24.8 Å². The first-order chi connectivity index (χ1) is 13.2. The lowest BCUT2D eigenvalue weighted by molar-refractivity contribution is -0.134. The quantitative estimate of drug-likeness (QED) is 0.645. The summed E-state index contributed by atoms with van der Waals surface area (Å²) in [5.74, 6) is 0.513. The fourth-order valence-corrected chi connectivity index (χ4v) is 2.48. The van der Waals surface area contributed by atoms with Crippen LogP contribution in [0, 0.1) is 11.3 Å². The van der Waals surface area contributed by atoms with Crippen LogP contribution in [0.25, 0.3) is 11.1 Å². The van der Waals surface area contributed by atoms with Crippen molar-refractivity contribution >= 4 is 5.91 Å². The van der Waals surface area contributed by atoms with E-state index in [0.717, 1.165) is 11.1 Å². The minimum Gasteiger partial charge on any atom is -0.484 e. The number of nitriles is 1. The normalized spacial score (nSPS) is 10.3. The molecule has 2 rings (SSSR count). The Hall–Kier alpha value is -2.88. The Morgan fingerprint density at radius 1 is 0.926 bits per heavy atom.